The van der Waals surface area contributed by atoms with Crippen molar-refractivity contribution < 1.29 is 4.74 Å². The van der Waals surface area contributed by atoms with Crippen LogP contribution in [0.3, 0.4) is 0 Å². The third kappa shape index (κ3) is 6.31. The summed E-state index contributed by atoms with van der Waals surface area (Å²) in [6.45, 7) is 5.20. The minimum absolute atomic E-state index is 0.517. The average molecular weight is 267 g/mol. The molecule has 0 aromatic heterocycles. The Bertz CT molecular complexity index is 313. The Morgan fingerprint density at radius 2 is 2.00 bits per heavy atom. The SMILES string of the molecule is CCSCCCOc1ccc(CC(C)NC)cc1. The molecule has 1 atom stereocenters. The van der Waals surface area contributed by atoms with Crippen LogP contribution in [0.1, 0.15) is 25.8 Å². The molecule has 102 valence electrons. The van der Waals surface area contributed by atoms with Crippen molar-refractivity contribution in [3.05, 3.63) is 29.8 Å². The molecule has 1 aromatic carbocycles. The molecule has 18 heavy (non-hydrogen) atoms. The minimum atomic E-state index is 0.517. The minimum Gasteiger partial charge on any atom is -0.494 e. The van der Waals surface area contributed by atoms with E-state index in [9.17, 15) is 0 Å². The summed E-state index contributed by atoms with van der Waals surface area (Å²) in [5.74, 6) is 3.37. The lowest BCUT2D eigenvalue weighted by molar-refractivity contribution is 0.318. The molecule has 0 aliphatic heterocycles. The van der Waals surface area contributed by atoms with Gasteiger partial charge in [-0.25, -0.2) is 0 Å². The predicted molar refractivity (Wildman–Crippen MR) is 81.8 cm³/mol. The van der Waals surface area contributed by atoms with E-state index in [1.165, 1.54) is 17.1 Å². The zero-order chi connectivity index (χ0) is 13.2. The molecule has 0 aliphatic rings. The molecule has 1 rings (SSSR count). The number of hydrogen-bond donors (Lipinski definition) is 1. The highest BCUT2D eigenvalue weighted by Crippen LogP contribution is 2.14. The summed E-state index contributed by atoms with van der Waals surface area (Å²) in [6.07, 6.45) is 2.18. The van der Waals surface area contributed by atoms with Crippen LogP contribution in [0.2, 0.25) is 0 Å². The van der Waals surface area contributed by atoms with E-state index in [2.05, 4.69) is 43.4 Å². The molecule has 0 bridgehead atoms. The van der Waals surface area contributed by atoms with E-state index in [1.807, 2.05) is 18.8 Å². The van der Waals surface area contributed by atoms with Crippen molar-refractivity contribution in [3.63, 3.8) is 0 Å². The van der Waals surface area contributed by atoms with Gasteiger partial charge in [0.05, 0.1) is 6.61 Å². The van der Waals surface area contributed by atoms with Gasteiger partial charge in [-0.05, 0) is 56.0 Å². The first-order valence-corrected chi connectivity index (χ1v) is 7.88. The molecule has 0 saturated carbocycles. The Morgan fingerprint density at radius 1 is 1.28 bits per heavy atom. The zero-order valence-electron chi connectivity index (χ0n) is 11.7. The maximum atomic E-state index is 5.71. The van der Waals surface area contributed by atoms with Gasteiger partial charge in [-0.3, -0.25) is 0 Å². The van der Waals surface area contributed by atoms with Crippen LogP contribution in [0.4, 0.5) is 0 Å². The van der Waals surface area contributed by atoms with Gasteiger partial charge in [0.15, 0.2) is 0 Å². The van der Waals surface area contributed by atoms with Gasteiger partial charge in [-0.15, -0.1) is 0 Å². The highest BCUT2D eigenvalue weighted by Gasteiger charge is 2.01. The molecule has 1 unspecified atom stereocenters. The lowest BCUT2D eigenvalue weighted by atomic mass is 10.1. The summed E-state index contributed by atoms with van der Waals surface area (Å²) in [5.41, 5.74) is 1.35. The molecular formula is C15H25NOS. The fourth-order valence-corrected chi connectivity index (χ4v) is 2.28. The first-order valence-electron chi connectivity index (χ1n) is 6.73. The third-order valence-electron chi connectivity index (χ3n) is 2.86. The summed E-state index contributed by atoms with van der Waals surface area (Å²) < 4.78 is 5.71. The molecule has 0 heterocycles. The molecule has 0 amide bonds. The molecule has 1 N–H and O–H groups in total. The van der Waals surface area contributed by atoms with Crippen molar-refractivity contribution in [3.8, 4) is 5.75 Å². The molecular weight excluding hydrogens is 242 g/mol. The molecule has 0 aliphatic carbocycles. The average Bonchev–Trinajstić information content (AvgIpc) is 2.40. The Kier molecular flexibility index (Phi) is 7.94. The normalized spacial score (nSPS) is 12.4. The maximum absolute atomic E-state index is 5.71. The van der Waals surface area contributed by atoms with Crippen LogP contribution in [-0.4, -0.2) is 31.2 Å². The Labute approximate surface area is 116 Å². The maximum Gasteiger partial charge on any atom is 0.119 e. The number of nitrogens with one attached hydrogen (secondary N) is 1. The van der Waals surface area contributed by atoms with Crippen LogP contribution in [0.5, 0.6) is 5.75 Å². The van der Waals surface area contributed by atoms with Crippen molar-refractivity contribution in [2.45, 2.75) is 32.7 Å². The van der Waals surface area contributed by atoms with Gasteiger partial charge in [0.2, 0.25) is 0 Å². The largest absolute Gasteiger partial charge is 0.494 e. The number of ether oxygens (including phenoxy) is 1. The van der Waals surface area contributed by atoms with Crippen LogP contribution >= 0.6 is 11.8 Å². The Hall–Kier alpha value is -0.670. The molecule has 0 spiro atoms. The van der Waals surface area contributed by atoms with Crippen molar-refractivity contribution in [1.29, 1.82) is 0 Å². The smallest absolute Gasteiger partial charge is 0.119 e. The van der Waals surface area contributed by atoms with Crippen LogP contribution in [-0.2, 0) is 6.42 Å². The van der Waals surface area contributed by atoms with Gasteiger partial charge < -0.3 is 10.1 Å². The number of likely N-dealkylation sites (N-methyl/N-ethyl adjacent to an activating group) is 1. The Balaban J connectivity index is 2.27. The Morgan fingerprint density at radius 3 is 2.61 bits per heavy atom. The van der Waals surface area contributed by atoms with Gasteiger partial charge in [0, 0.05) is 6.04 Å². The standard InChI is InChI=1S/C15H25NOS/c1-4-18-11-5-10-17-15-8-6-14(7-9-15)12-13(2)16-3/h6-9,13,16H,4-5,10-12H2,1-3H3. The first-order chi connectivity index (χ1) is 8.76. The summed E-state index contributed by atoms with van der Waals surface area (Å²) >= 11 is 1.97. The van der Waals surface area contributed by atoms with Gasteiger partial charge in [-0.1, -0.05) is 19.1 Å². The van der Waals surface area contributed by atoms with E-state index in [1.54, 1.807) is 0 Å². The fraction of sp³-hybridized carbons (Fsp3) is 0.600. The summed E-state index contributed by atoms with van der Waals surface area (Å²) in [5, 5.41) is 3.25. The number of rotatable bonds is 9. The highest BCUT2D eigenvalue weighted by atomic mass is 32.2. The van der Waals surface area contributed by atoms with E-state index in [0.717, 1.165) is 25.2 Å². The van der Waals surface area contributed by atoms with Gasteiger partial charge in [0.25, 0.3) is 0 Å². The van der Waals surface area contributed by atoms with Crippen molar-refractivity contribution in [2.75, 3.05) is 25.2 Å². The number of benzene rings is 1. The highest BCUT2D eigenvalue weighted by molar-refractivity contribution is 7.99. The third-order valence-corrected chi connectivity index (χ3v) is 3.85. The molecule has 0 fully saturated rings. The van der Waals surface area contributed by atoms with E-state index >= 15 is 0 Å². The second-order valence-electron chi connectivity index (χ2n) is 4.44. The van der Waals surface area contributed by atoms with E-state index in [4.69, 9.17) is 4.74 Å². The van der Waals surface area contributed by atoms with Crippen molar-refractivity contribution in [1.82, 2.24) is 5.32 Å². The number of thioether (sulfide) groups is 1. The quantitative estimate of drug-likeness (QED) is 0.693. The van der Waals surface area contributed by atoms with E-state index < -0.39 is 0 Å². The number of hydrogen-bond acceptors (Lipinski definition) is 3. The molecule has 3 heteroatoms. The second kappa shape index (κ2) is 9.29. The molecule has 0 saturated heterocycles. The van der Waals surface area contributed by atoms with Gasteiger partial charge >= 0.3 is 0 Å². The monoisotopic (exact) mass is 267 g/mol. The second-order valence-corrected chi connectivity index (χ2v) is 5.83. The summed E-state index contributed by atoms with van der Waals surface area (Å²) in [6, 6.07) is 8.98. The van der Waals surface area contributed by atoms with Crippen LogP contribution in [0.25, 0.3) is 0 Å². The zero-order valence-corrected chi connectivity index (χ0v) is 12.6. The van der Waals surface area contributed by atoms with Crippen molar-refractivity contribution >= 4 is 11.8 Å². The molecule has 1 aromatic rings. The van der Waals surface area contributed by atoms with Crippen molar-refractivity contribution in [2.24, 2.45) is 0 Å². The van der Waals surface area contributed by atoms with Crippen LogP contribution in [0, 0.1) is 0 Å². The van der Waals surface area contributed by atoms with Gasteiger partial charge in [0.1, 0.15) is 5.75 Å². The fourth-order valence-electron chi connectivity index (χ4n) is 1.67. The molecule has 0 radical (unpaired) electrons. The van der Waals surface area contributed by atoms with Crippen LogP contribution < -0.4 is 10.1 Å². The molecule has 2 nitrogen and oxygen atoms in total. The first kappa shape index (κ1) is 15.4. The lowest BCUT2D eigenvalue weighted by Crippen LogP contribution is -2.23. The summed E-state index contributed by atoms with van der Waals surface area (Å²) in [4.78, 5) is 0. The topological polar surface area (TPSA) is 21.3 Å². The van der Waals surface area contributed by atoms with E-state index in [0.29, 0.717) is 6.04 Å². The van der Waals surface area contributed by atoms with E-state index in [-0.39, 0.29) is 0 Å². The van der Waals surface area contributed by atoms with Crippen LogP contribution in [0.15, 0.2) is 24.3 Å². The predicted octanol–water partition coefficient (Wildman–Crippen LogP) is 3.36. The summed E-state index contributed by atoms with van der Waals surface area (Å²) in [7, 11) is 2.00. The lowest BCUT2D eigenvalue weighted by Gasteiger charge is -2.11. The van der Waals surface area contributed by atoms with Gasteiger partial charge in [-0.2, -0.15) is 11.8 Å².